The van der Waals surface area contributed by atoms with E-state index >= 15 is 0 Å². The molecule has 0 aliphatic rings. The van der Waals surface area contributed by atoms with Gasteiger partial charge in [-0.05, 0) is 62.4 Å². The standard InChI is InChI=1S/C23H23FN2O4S/c1-17(2)30-22-11-7-6-10-21(22)25-23(27)16-26(19-14-12-18(24)13-15-19)31(28,29)20-8-4-3-5-9-20/h3-15,17H,16H2,1-2H3,(H,25,27). The van der Waals surface area contributed by atoms with E-state index in [2.05, 4.69) is 5.32 Å². The van der Waals surface area contributed by atoms with Gasteiger partial charge in [-0.1, -0.05) is 30.3 Å². The quantitative estimate of drug-likeness (QED) is 0.559. The Morgan fingerprint density at radius 1 is 0.968 bits per heavy atom. The van der Waals surface area contributed by atoms with Gasteiger partial charge in [-0.15, -0.1) is 0 Å². The lowest BCUT2D eigenvalue weighted by molar-refractivity contribution is -0.114. The highest BCUT2D eigenvalue weighted by Crippen LogP contribution is 2.27. The molecule has 0 aliphatic carbocycles. The molecule has 0 aliphatic heterocycles. The van der Waals surface area contributed by atoms with Gasteiger partial charge >= 0.3 is 0 Å². The number of carbonyl (C=O) groups is 1. The van der Waals surface area contributed by atoms with Gasteiger partial charge in [0.15, 0.2) is 0 Å². The minimum absolute atomic E-state index is 0.0238. The first-order valence-electron chi connectivity index (χ1n) is 9.66. The van der Waals surface area contributed by atoms with E-state index in [9.17, 15) is 17.6 Å². The Morgan fingerprint density at radius 3 is 2.23 bits per heavy atom. The summed E-state index contributed by atoms with van der Waals surface area (Å²) in [4.78, 5) is 12.9. The number of ether oxygens (including phenoxy) is 1. The SMILES string of the molecule is CC(C)Oc1ccccc1NC(=O)CN(c1ccc(F)cc1)S(=O)(=O)c1ccccc1. The van der Waals surface area contributed by atoms with E-state index in [1.165, 1.54) is 24.3 Å². The summed E-state index contributed by atoms with van der Waals surface area (Å²) in [5, 5.41) is 2.71. The van der Waals surface area contributed by atoms with Gasteiger partial charge in [0.1, 0.15) is 18.1 Å². The van der Waals surface area contributed by atoms with Crippen LogP contribution in [0.3, 0.4) is 0 Å². The second-order valence-electron chi connectivity index (χ2n) is 7.01. The van der Waals surface area contributed by atoms with E-state index < -0.39 is 28.3 Å². The van der Waals surface area contributed by atoms with Crippen LogP contribution in [0.2, 0.25) is 0 Å². The molecule has 0 fully saturated rings. The Bertz CT molecular complexity index is 1130. The number of hydrogen-bond acceptors (Lipinski definition) is 4. The molecule has 0 heterocycles. The van der Waals surface area contributed by atoms with Gasteiger partial charge in [-0.3, -0.25) is 9.10 Å². The lowest BCUT2D eigenvalue weighted by Gasteiger charge is -2.24. The number of carbonyl (C=O) groups excluding carboxylic acids is 1. The maximum atomic E-state index is 13.4. The summed E-state index contributed by atoms with van der Waals surface area (Å²) >= 11 is 0. The number of para-hydroxylation sites is 2. The second kappa shape index (κ2) is 9.61. The van der Waals surface area contributed by atoms with Crippen molar-refractivity contribution in [3.05, 3.63) is 84.7 Å². The Morgan fingerprint density at radius 2 is 1.58 bits per heavy atom. The average Bonchev–Trinajstić information content (AvgIpc) is 2.74. The van der Waals surface area contributed by atoms with Crippen molar-refractivity contribution in [2.75, 3.05) is 16.2 Å². The molecule has 3 aromatic rings. The predicted molar refractivity (Wildman–Crippen MR) is 118 cm³/mol. The fraction of sp³-hybridized carbons (Fsp3) is 0.174. The zero-order valence-electron chi connectivity index (χ0n) is 17.2. The second-order valence-corrected chi connectivity index (χ2v) is 8.87. The number of rotatable bonds is 8. The molecule has 3 aromatic carbocycles. The van der Waals surface area contributed by atoms with Crippen molar-refractivity contribution < 1.29 is 22.3 Å². The third-order valence-electron chi connectivity index (χ3n) is 4.26. The van der Waals surface area contributed by atoms with E-state index in [0.717, 1.165) is 16.4 Å². The Hall–Kier alpha value is -3.39. The van der Waals surface area contributed by atoms with E-state index in [1.807, 2.05) is 13.8 Å². The van der Waals surface area contributed by atoms with Crippen LogP contribution in [0.4, 0.5) is 15.8 Å². The first kappa shape index (κ1) is 22.3. The molecule has 0 spiro atoms. The third kappa shape index (κ3) is 5.61. The van der Waals surface area contributed by atoms with Crippen molar-refractivity contribution in [1.29, 1.82) is 0 Å². The maximum Gasteiger partial charge on any atom is 0.264 e. The van der Waals surface area contributed by atoms with Crippen molar-refractivity contribution in [3.8, 4) is 5.75 Å². The molecule has 0 unspecified atom stereocenters. The first-order valence-corrected chi connectivity index (χ1v) is 11.1. The van der Waals surface area contributed by atoms with Gasteiger partial charge in [0.25, 0.3) is 10.0 Å². The zero-order valence-corrected chi connectivity index (χ0v) is 18.0. The van der Waals surface area contributed by atoms with Crippen LogP contribution in [0, 0.1) is 5.82 Å². The molecule has 6 nitrogen and oxygen atoms in total. The summed E-state index contributed by atoms with van der Waals surface area (Å²) in [5.41, 5.74) is 0.601. The summed E-state index contributed by atoms with van der Waals surface area (Å²) in [6.45, 7) is 3.22. The zero-order chi connectivity index (χ0) is 22.4. The molecule has 3 rings (SSSR count). The highest BCUT2D eigenvalue weighted by atomic mass is 32.2. The van der Waals surface area contributed by atoms with Crippen LogP contribution in [-0.2, 0) is 14.8 Å². The van der Waals surface area contributed by atoms with Crippen LogP contribution >= 0.6 is 0 Å². The maximum absolute atomic E-state index is 13.4. The molecule has 0 saturated heterocycles. The molecule has 162 valence electrons. The molecular weight excluding hydrogens is 419 g/mol. The van der Waals surface area contributed by atoms with Crippen molar-refractivity contribution in [2.45, 2.75) is 24.8 Å². The molecular formula is C23H23FN2O4S. The van der Waals surface area contributed by atoms with Crippen LogP contribution in [-0.4, -0.2) is 27.0 Å². The number of nitrogens with zero attached hydrogens (tertiary/aromatic N) is 1. The summed E-state index contributed by atoms with van der Waals surface area (Å²) in [5.74, 6) is -0.598. The van der Waals surface area contributed by atoms with Crippen LogP contribution in [0.25, 0.3) is 0 Å². The van der Waals surface area contributed by atoms with E-state index in [0.29, 0.717) is 11.4 Å². The van der Waals surface area contributed by atoms with E-state index in [-0.39, 0.29) is 16.7 Å². The fourth-order valence-electron chi connectivity index (χ4n) is 2.89. The minimum atomic E-state index is -4.06. The van der Waals surface area contributed by atoms with Crippen molar-refractivity contribution in [1.82, 2.24) is 0 Å². The van der Waals surface area contributed by atoms with E-state index in [4.69, 9.17) is 4.74 Å². The number of halogens is 1. The van der Waals surface area contributed by atoms with Crippen LogP contribution in [0.1, 0.15) is 13.8 Å². The normalized spacial score (nSPS) is 11.2. The molecule has 0 aromatic heterocycles. The first-order chi connectivity index (χ1) is 14.8. The van der Waals surface area contributed by atoms with Crippen LogP contribution in [0.5, 0.6) is 5.75 Å². The fourth-order valence-corrected chi connectivity index (χ4v) is 4.33. The van der Waals surface area contributed by atoms with Crippen LogP contribution < -0.4 is 14.4 Å². The van der Waals surface area contributed by atoms with Crippen molar-refractivity contribution in [3.63, 3.8) is 0 Å². The summed E-state index contributed by atoms with van der Waals surface area (Å²) in [6, 6.07) is 19.6. The van der Waals surface area contributed by atoms with Gasteiger partial charge in [-0.25, -0.2) is 12.8 Å². The number of sulfonamides is 1. The molecule has 0 bridgehead atoms. The van der Waals surface area contributed by atoms with Crippen molar-refractivity contribution in [2.24, 2.45) is 0 Å². The highest BCUT2D eigenvalue weighted by Gasteiger charge is 2.27. The predicted octanol–water partition coefficient (Wildman–Crippen LogP) is 4.45. The molecule has 8 heteroatoms. The average molecular weight is 443 g/mol. The molecule has 1 amide bonds. The lowest BCUT2D eigenvalue weighted by Crippen LogP contribution is -2.38. The van der Waals surface area contributed by atoms with Gasteiger partial charge < -0.3 is 10.1 Å². The Kier molecular flexibility index (Phi) is 6.91. The number of nitrogens with one attached hydrogen (secondary N) is 1. The molecule has 1 N–H and O–H groups in total. The van der Waals surface area contributed by atoms with Gasteiger partial charge in [-0.2, -0.15) is 0 Å². The monoisotopic (exact) mass is 442 g/mol. The van der Waals surface area contributed by atoms with Gasteiger partial charge in [0.05, 0.1) is 22.4 Å². The van der Waals surface area contributed by atoms with E-state index in [1.54, 1.807) is 42.5 Å². The number of hydrogen-bond donors (Lipinski definition) is 1. The molecule has 0 saturated carbocycles. The Balaban J connectivity index is 1.91. The highest BCUT2D eigenvalue weighted by molar-refractivity contribution is 7.92. The minimum Gasteiger partial charge on any atom is -0.489 e. The summed E-state index contributed by atoms with van der Waals surface area (Å²) < 4.78 is 46.5. The largest absolute Gasteiger partial charge is 0.489 e. The lowest BCUT2D eigenvalue weighted by atomic mass is 10.2. The topological polar surface area (TPSA) is 75.7 Å². The van der Waals surface area contributed by atoms with Crippen LogP contribution in [0.15, 0.2) is 83.8 Å². The molecule has 0 radical (unpaired) electrons. The molecule has 0 atom stereocenters. The van der Waals surface area contributed by atoms with Crippen molar-refractivity contribution >= 4 is 27.3 Å². The molecule has 31 heavy (non-hydrogen) atoms. The van der Waals surface area contributed by atoms with Gasteiger partial charge in [0, 0.05) is 0 Å². The number of benzene rings is 3. The Labute approximate surface area is 181 Å². The third-order valence-corrected chi connectivity index (χ3v) is 6.04. The van der Waals surface area contributed by atoms with Gasteiger partial charge in [0.2, 0.25) is 5.91 Å². The smallest absolute Gasteiger partial charge is 0.264 e. The number of anilines is 2. The summed E-state index contributed by atoms with van der Waals surface area (Å²) in [7, 11) is -4.06. The number of amides is 1. The summed E-state index contributed by atoms with van der Waals surface area (Å²) in [6.07, 6.45) is -0.104.